The average molecular weight is 260 g/mol. The number of hydrogen-bond acceptors (Lipinski definition) is 2. The van der Waals surface area contributed by atoms with Crippen molar-refractivity contribution in [2.24, 2.45) is 11.7 Å². The Balaban J connectivity index is 1.92. The second-order valence-corrected chi connectivity index (χ2v) is 6.19. The molecule has 0 aliphatic carbocycles. The summed E-state index contributed by atoms with van der Waals surface area (Å²) in [5, 5.41) is 0. The lowest BCUT2D eigenvalue weighted by Gasteiger charge is -2.36. The van der Waals surface area contributed by atoms with Gasteiger partial charge in [0.15, 0.2) is 0 Å². The third-order valence-electron chi connectivity index (χ3n) is 4.10. The summed E-state index contributed by atoms with van der Waals surface area (Å²) < 4.78 is 0. The lowest BCUT2D eigenvalue weighted by molar-refractivity contribution is 0.143. The third-order valence-corrected chi connectivity index (χ3v) is 4.10. The molecule has 2 rings (SSSR count). The number of unbranched alkanes of at least 4 members (excludes halogenated alkanes) is 1. The minimum Gasteiger partial charge on any atom is -0.327 e. The molecular formula is C17H28N2. The van der Waals surface area contributed by atoms with Gasteiger partial charge in [-0.3, -0.25) is 4.90 Å². The smallest absolute Gasteiger partial charge is 0.0234 e. The van der Waals surface area contributed by atoms with Crippen LogP contribution in [0.25, 0.3) is 0 Å². The van der Waals surface area contributed by atoms with Crippen molar-refractivity contribution >= 4 is 0 Å². The molecule has 0 bridgehead atoms. The highest BCUT2D eigenvalue weighted by atomic mass is 15.1. The highest BCUT2D eigenvalue weighted by Crippen LogP contribution is 2.22. The van der Waals surface area contributed by atoms with E-state index in [9.17, 15) is 0 Å². The van der Waals surface area contributed by atoms with Gasteiger partial charge < -0.3 is 5.73 Å². The molecule has 0 spiro atoms. The van der Waals surface area contributed by atoms with E-state index in [2.05, 4.69) is 43.0 Å². The van der Waals surface area contributed by atoms with Crippen LogP contribution in [-0.4, -0.2) is 24.0 Å². The molecule has 2 atom stereocenters. The zero-order valence-electron chi connectivity index (χ0n) is 12.4. The van der Waals surface area contributed by atoms with Crippen LogP contribution in [0.3, 0.4) is 0 Å². The van der Waals surface area contributed by atoms with Crippen LogP contribution in [0.15, 0.2) is 24.3 Å². The van der Waals surface area contributed by atoms with Crippen LogP contribution in [0, 0.1) is 12.8 Å². The zero-order chi connectivity index (χ0) is 13.7. The van der Waals surface area contributed by atoms with E-state index in [1.165, 1.54) is 43.4 Å². The van der Waals surface area contributed by atoms with Crippen LogP contribution in [0.5, 0.6) is 0 Å². The van der Waals surface area contributed by atoms with Gasteiger partial charge in [-0.05, 0) is 31.2 Å². The highest BCUT2D eigenvalue weighted by molar-refractivity contribution is 5.22. The first-order chi connectivity index (χ1) is 9.17. The van der Waals surface area contributed by atoms with Gasteiger partial charge in [0.2, 0.25) is 0 Å². The number of hydrogen-bond donors (Lipinski definition) is 1. The molecular weight excluding hydrogens is 232 g/mol. The SMILES string of the molecule is CCCCC1CC(N)CN(Cc2cccc(C)c2)C1. The average Bonchev–Trinajstić information content (AvgIpc) is 2.35. The van der Waals surface area contributed by atoms with Crippen LogP contribution in [0.2, 0.25) is 0 Å². The predicted molar refractivity (Wildman–Crippen MR) is 82.1 cm³/mol. The maximum Gasteiger partial charge on any atom is 0.0234 e. The second kappa shape index (κ2) is 7.06. The third kappa shape index (κ3) is 4.63. The van der Waals surface area contributed by atoms with Gasteiger partial charge in [0.05, 0.1) is 0 Å². The van der Waals surface area contributed by atoms with Crippen LogP contribution in [-0.2, 0) is 6.54 Å². The Hall–Kier alpha value is -0.860. The molecule has 1 fully saturated rings. The quantitative estimate of drug-likeness (QED) is 0.880. The van der Waals surface area contributed by atoms with E-state index in [0.717, 1.165) is 19.0 Å². The van der Waals surface area contributed by atoms with Crippen molar-refractivity contribution in [2.75, 3.05) is 13.1 Å². The van der Waals surface area contributed by atoms with E-state index in [1.807, 2.05) is 0 Å². The monoisotopic (exact) mass is 260 g/mol. The normalized spacial score (nSPS) is 24.6. The summed E-state index contributed by atoms with van der Waals surface area (Å²) in [6.07, 6.45) is 5.19. The minimum atomic E-state index is 0.361. The maximum atomic E-state index is 6.23. The van der Waals surface area contributed by atoms with Gasteiger partial charge in [0.25, 0.3) is 0 Å². The number of aryl methyl sites for hydroxylation is 1. The van der Waals surface area contributed by atoms with Crippen LogP contribution in [0.1, 0.15) is 43.7 Å². The van der Waals surface area contributed by atoms with E-state index in [4.69, 9.17) is 5.73 Å². The first kappa shape index (κ1) is 14.5. The Labute approximate surface area is 118 Å². The van der Waals surface area contributed by atoms with Crippen molar-refractivity contribution in [1.29, 1.82) is 0 Å². The number of benzene rings is 1. The molecule has 1 aliphatic rings. The molecule has 1 aromatic carbocycles. The van der Waals surface area contributed by atoms with Crippen molar-refractivity contribution in [2.45, 2.75) is 52.1 Å². The Bertz CT molecular complexity index is 389. The molecule has 2 heteroatoms. The first-order valence-electron chi connectivity index (χ1n) is 7.71. The van der Waals surface area contributed by atoms with E-state index in [0.29, 0.717) is 6.04 Å². The molecule has 0 aromatic heterocycles. The summed E-state index contributed by atoms with van der Waals surface area (Å²) in [6.45, 7) is 7.76. The van der Waals surface area contributed by atoms with Crippen molar-refractivity contribution in [1.82, 2.24) is 4.90 Å². The molecule has 2 unspecified atom stereocenters. The predicted octanol–water partition coefficient (Wildman–Crippen LogP) is 3.33. The summed E-state index contributed by atoms with van der Waals surface area (Å²) in [7, 11) is 0. The second-order valence-electron chi connectivity index (χ2n) is 6.19. The first-order valence-corrected chi connectivity index (χ1v) is 7.71. The van der Waals surface area contributed by atoms with Gasteiger partial charge in [-0.1, -0.05) is 49.6 Å². The summed E-state index contributed by atoms with van der Waals surface area (Å²) >= 11 is 0. The number of nitrogens with zero attached hydrogens (tertiary/aromatic N) is 1. The number of nitrogens with two attached hydrogens (primary N) is 1. The van der Waals surface area contributed by atoms with E-state index in [1.54, 1.807) is 0 Å². The number of likely N-dealkylation sites (tertiary alicyclic amines) is 1. The van der Waals surface area contributed by atoms with Crippen molar-refractivity contribution < 1.29 is 0 Å². The van der Waals surface area contributed by atoms with Gasteiger partial charge in [0, 0.05) is 25.7 Å². The Morgan fingerprint density at radius 2 is 2.16 bits per heavy atom. The molecule has 2 N–H and O–H groups in total. The van der Waals surface area contributed by atoms with Crippen molar-refractivity contribution in [3.63, 3.8) is 0 Å². The summed E-state index contributed by atoms with van der Waals surface area (Å²) in [5.74, 6) is 0.800. The van der Waals surface area contributed by atoms with Crippen molar-refractivity contribution in [3.8, 4) is 0 Å². The standard InChI is InChI=1S/C17H28N2/c1-3-4-7-16-10-17(18)13-19(12-16)11-15-8-5-6-14(2)9-15/h5-6,8-9,16-17H,3-4,7,10-13,18H2,1-2H3. The molecule has 0 amide bonds. The molecule has 0 saturated carbocycles. The van der Waals surface area contributed by atoms with Gasteiger partial charge in [-0.25, -0.2) is 0 Å². The molecule has 1 heterocycles. The summed E-state index contributed by atoms with van der Waals surface area (Å²) in [6, 6.07) is 9.20. The van der Waals surface area contributed by atoms with Gasteiger partial charge in [-0.2, -0.15) is 0 Å². The van der Waals surface area contributed by atoms with Gasteiger partial charge in [0.1, 0.15) is 0 Å². The summed E-state index contributed by atoms with van der Waals surface area (Å²) in [5.41, 5.74) is 9.00. The lowest BCUT2D eigenvalue weighted by Crippen LogP contribution is -2.46. The Kier molecular flexibility index (Phi) is 5.41. The van der Waals surface area contributed by atoms with E-state index < -0.39 is 0 Å². The largest absolute Gasteiger partial charge is 0.327 e. The lowest BCUT2D eigenvalue weighted by atomic mass is 9.90. The maximum absolute atomic E-state index is 6.23. The molecule has 1 saturated heterocycles. The van der Waals surface area contributed by atoms with Gasteiger partial charge >= 0.3 is 0 Å². The highest BCUT2D eigenvalue weighted by Gasteiger charge is 2.24. The molecule has 19 heavy (non-hydrogen) atoms. The number of rotatable bonds is 5. The Morgan fingerprint density at radius 1 is 1.32 bits per heavy atom. The molecule has 1 aromatic rings. The molecule has 2 nitrogen and oxygen atoms in total. The molecule has 106 valence electrons. The minimum absolute atomic E-state index is 0.361. The fraction of sp³-hybridized carbons (Fsp3) is 0.647. The van der Waals surface area contributed by atoms with Crippen LogP contribution >= 0.6 is 0 Å². The Morgan fingerprint density at radius 3 is 2.89 bits per heavy atom. The fourth-order valence-electron chi connectivity index (χ4n) is 3.25. The topological polar surface area (TPSA) is 29.3 Å². The fourth-order valence-corrected chi connectivity index (χ4v) is 3.25. The van der Waals surface area contributed by atoms with Gasteiger partial charge in [-0.15, -0.1) is 0 Å². The van der Waals surface area contributed by atoms with Crippen LogP contribution < -0.4 is 5.73 Å². The molecule has 1 aliphatic heterocycles. The van der Waals surface area contributed by atoms with Crippen LogP contribution in [0.4, 0.5) is 0 Å². The van der Waals surface area contributed by atoms with Crippen molar-refractivity contribution in [3.05, 3.63) is 35.4 Å². The van der Waals surface area contributed by atoms with E-state index >= 15 is 0 Å². The van der Waals surface area contributed by atoms with E-state index in [-0.39, 0.29) is 0 Å². The summed E-state index contributed by atoms with van der Waals surface area (Å²) in [4.78, 5) is 2.54. The molecule has 0 radical (unpaired) electrons. The zero-order valence-corrected chi connectivity index (χ0v) is 12.4. The number of piperidine rings is 1.